The van der Waals surface area contributed by atoms with Gasteiger partial charge in [-0.1, -0.05) is 13.8 Å². The van der Waals surface area contributed by atoms with E-state index in [0.717, 1.165) is 0 Å². The molecule has 58 valence electrons. The molecular weight excluding hydrogens is 112 g/mol. The molecule has 0 radical (unpaired) electrons. The molecule has 0 aliphatic rings. The lowest BCUT2D eigenvalue weighted by molar-refractivity contribution is 0.207. The SMILES string of the molecule is CC.CNN(C)C(C)C. The number of nitrogens with one attached hydrogen (secondary N) is 1. The zero-order chi connectivity index (χ0) is 7.86. The van der Waals surface area contributed by atoms with Gasteiger partial charge in [0.1, 0.15) is 0 Å². The van der Waals surface area contributed by atoms with Crippen molar-refractivity contribution < 1.29 is 0 Å². The Morgan fingerprint density at radius 2 is 1.56 bits per heavy atom. The molecule has 0 amide bonds. The van der Waals surface area contributed by atoms with Crippen molar-refractivity contribution in [3.63, 3.8) is 0 Å². The van der Waals surface area contributed by atoms with E-state index in [1.165, 1.54) is 0 Å². The van der Waals surface area contributed by atoms with Crippen LogP contribution in [0.25, 0.3) is 0 Å². The molecule has 2 heteroatoms. The second-order valence-electron chi connectivity index (χ2n) is 1.93. The number of hydrazine groups is 1. The average molecular weight is 132 g/mol. The first-order chi connectivity index (χ1) is 4.18. The third-order valence-electron chi connectivity index (χ3n) is 1.13. The van der Waals surface area contributed by atoms with Gasteiger partial charge in [0.25, 0.3) is 0 Å². The van der Waals surface area contributed by atoms with Crippen LogP contribution in [0.4, 0.5) is 0 Å². The van der Waals surface area contributed by atoms with Crippen molar-refractivity contribution in [1.29, 1.82) is 0 Å². The minimum Gasteiger partial charge on any atom is -0.258 e. The van der Waals surface area contributed by atoms with E-state index in [0.29, 0.717) is 6.04 Å². The maximum atomic E-state index is 3.00. The van der Waals surface area contributed by atoms with Gasteiger partial charge >= 0.3 is 0 Å². The molecule has 0 atom stereocenters. The van der Waals surface area contributed by atoms with Crippen molar-refractivity contribution in [1.82, 2.24) is 10.4 Å². The van der Waals surface area contributed by atoms with Crippen LogP contribution in [0.2, 0.25) is 0 Å². The Balaban J connectivity index is 0. The molecule has 0 unspecified atom stereocenters. The monoisotopic (exact) mass is 132 g/mol. The zero-order valence-corrected chi connectivity index (χ0v) is 7.52. The molecule has 0 aliphatic carbocycles. The van der Waals surface area contributed by atoms with Gasteiger partial charge < -0.3 is 0 Å². The summed E-state index contributed by atoms with van der Waals surface area (Å²) in [6, 6.07) is 0.588. The molecule has 0 spiro atoms. The Bertz CT molecular complexity index is 44.2. The summed E-state index contributed by atoms with van der Waals surface area (Å²) < 4.78 is 0. The quantitative estimate of drug-likeness (QED) is 0.573. The summed E-state index contributed by atoms with van der Waals surface area (Å²) in [6.07, 6.45) is 0. The lowest BCUT2D eigenvalue weighted by Gasteiger charge is -2.18. The Labute approximate surface area is 59.2 Å². The van der Waals surface area contributed by atoms with Crippen molar-refractivity contribution >= 4 is 0 Å². The third-order valence-corrected chi connectivity index (χ3v) is 1.13. The molecular formula is C7H20N2. The van der Waals surface area contributed by atoms with Crippen LogP contribution >= 0.6 is 0 Å². The Morgan fingerprint density at radius 1 is 1.22 bits per heavy atom. The van der Waals surface area contributed by atoms with Crippen LogP contribution in [0.1, 0.15) is 27.7 Å². The number of hydrogen-bond acceptors (Lipinski definition) is 2. The Morgan fingerprint density at radius 3 is 1.56 bits per heavy atom. The molecule has 0 aromatic heterocycles. The fourth-order valence-electron chi connectivity index (χ4n) is 0.258. The van der Waals surface area contributed by atoms with Gasteiger partial charge in [-0.05, 0) is 20.9 Å². The lowest BCUT2D eigenvalue weighted by atomic mass is 10.4. The molecule has 0 saturated carbocycles. The maximum Gasteiger partial charge on any atom is 0.0183 e. The summed E-state index contributed by atoms with van der Waals surface area (Å²) in [4.78, 5) is 0. The molecule has 0 fully saturated rings. The van der Waals surface area contributed by atoms with E-state index in [9.17, 15) is 0 Å². The van der Waals surface area contributed by atoms with Crippen LogP contribution in [0, 0.1) is 0 Å². The highest BCUT2D eigenvalue weighted by Crippen LogP contribution is 1.84. The van der Waals surface area contributed by atoms with Crippen LogP contribution in [-0.2, 0) is 0 Å². The first kappa shape index (κ1) is 11.7. The van der Waals surface area contributed by atoms with E-state index in [1.807, 2.05) is 33.0 Å². The van der Waals surface area contributed by atoms with E-state index < -0.39 is 0 Å². The summed E-state index contributed by atoms with van der Waals surface area (Å²) in [5.74, 6) is 0. The van der Waals surface area contributed by atoms with Crippen LogP contribution in [0.15, 0.2) is 0 Å². The van der Waals surface area contributed by atoms with Crippen LogP contribution in [0.5, 0.6) is 0 Å². The van der Waals surface area contributed by atoms with Crippen molar-refractivity contribution in [3.05, 3.63) is 0 Å². The van der Waals surface area contributed by atoms with Gasteiger partial charge in [-0.25, -0.2) is 5.01 Å². The molecule has 1 N–H and O–H groups in total. The second kappa shape index (κ2) is 7.92. The first-order valence-corrected chi connectivity index (χ1v) is 3.58. The fraction of sp³-hybridized carbons (Fsp3) is 1.00. The Hall–Kier alpha value is -0.0800. The summed E-state index contributed by atoms with van der Waals surface area (Å²) in [5, 5.41) is 2.04. The van der Waals surface area contributed by atoms with Gasteiger partial charge in [0.15, 0.2) is 0 Å². The first-order valence-electron chi connectivity index (χ1n) is 3.58. The predicted octanol–water partition coefficient (Wildman–Crippen LogP) is 1.49. The van der Waals surface area contributed by atoms with Gasteiger partial charge in [0.2, 0.25) is 0 Å². The molecule has 0 rings (SSSR count). The summed E-state index contributed by atoms with van der Waals surface area (Å²) >= 11 is 0. The van der Waals surface area contributed by atoms with Gasteiger partial charge in [-0.3, -0.25) is 5.43 Å². The highest BCUT2D eigenvalue weighted by atomic mass is 15.5. The standard InChI is InChI=1S/C5H14N2.C2H6/c1-5(2)7(4)6-3;1-2/h5-6H,1-4H3;1-2H3. The van der Waals surface area contributed by atoms with Crippen molar-refractivity contribution in [2.24, 2.45) is 0 Å². The third kappa shape index (κ3) is 7.92. The Kier molecular flexibility index (Phi) is 10.3. The topological polar surface area (TPSA) is 15.3 Å². The van der Waals surface area contributed by atoms with Gasteiger partial charge in [0, 0.05) is 13.1 Å². The van der Waals surface area contributed by atoms with E-state index in [2.05, 4.69) is 19.3 Å². The number of nitrogens with zero attached hydrogens (tertiary/aromatic N) is 1. The molecule has 0 aliphatic heterocycles. The maximum absolute atomic E-state index is 3.00. The lowest BCUT2D eigenvalue weighted by Crippen LogP contribution is -2.36. The van der Waals surface area contributed by atoms with Crippen LogP contribution in [-0.4, -0.2) is 25.1 Å². The smallest absolute Gasteiger partial charge is 0.0183 e. The largest absolute Gasteiger partial charge is 0.258 e. The molecule has 2 nitrogen and oxygen atoms in total. The van der Waals surface area contributed by atoms with Crippen LogP contribution < -0.4 is 5.43 Å². The van der Waals surface area contributed by atoms with E-state index in [4.69, 9.17) is 0 Å². The van der Waals surface area contributed by atoms with E-state index in [1.54, 1.807) is 0 Å². The van der Waals surface area contributed by atoms with Gasteiger partial charge in [0.05, 0.1) is 0 Å². The number of rotatable bonds is 2. The summed E-state index contributed by atoms with van der Waals surface area (Å²) in [5.41, 5.74) is 3.00. The predicted molar refractivity (Wildman–Crippen MR) is 43.3 cm³/mol. The van der Waals surface area contributed by atoms with Crippen molar-refractivity contribution in [3.8, 4) is 0 Å². The minimum absolute atomic E-state index is 0.588. The molecule has 0 saturated heterocycles. The second-order valence-corrected chi connectivity index (χ2v) is 1.93. The summed E-state index contributed by atoms with van der Waals surface area (Å²) in [7, 11) is 3.94. The highest BCUT2D eigenvalue weighted by Gasteiger charge is 1.95. The van der Waals surface area contributed by atoms with Crippen LogP contribution in [0.3, 0.4) is 0 Å². The molecule has 9 heavy (non-hydrogen) atoms. The van der Waals surface area contributed by atoms with Gasteiger partial charge in [-0.2, -0.15) is 0 Å². The molecule has 0 bridgehead atoms. The van der Waals surface area contributed by atoms with E-state index >= 15 is 0 Å². The van der Waals surface area contributed by atoms with E-state index in [-0.39, 0.29) is 0 Å². The fourth-order valence-corrected chi connectivity index (χ4v) is 0.258. The van der Waals surface area contributed by atoms with Crippen molar-refractivity contribution in [2.75, 3.05) is 14.1 Å². The minimum atomic E-state index is 0.588. The molecule has 0 aromatic carbocycles. The summed E-state index contributed by atoms with van der Waals surface area (Å²) in [6.45, 7) is 8.27. The van der Waals surface area contributed by atoms with Crippen molar-refractivity contribution in [2.45, 2.75) is 33.7 Å². The molecule has 0 aromatic rings. The average Bonchev–Trinajstić information content (AvgIpc) is 1.91. The highest BCUT2D eigenvalue weighted by molar-refractivity contribution is 4.46. The molecule has 0 heterocycles. The number of hydrogen-bond donors (Lipinski definition) is 1. The normalized spacial score (nSPS) is 9.33. The van der Waals surface area contributed by atoms with Gasteiger partial charge in [-0.15, -0.1) is 0 Å². The zero-order valence-electron chi connectivity index (χ0n) is 7.52.